The van der Waals surface area contributed by atoms with Gasteiger partial charge in [0.25, 0.3) is 5.91 Å². The average Bonchev–Trinajstić information content (AvgIpc) is 2.94. The lowest BCUT2D eigenvalue weighted by Crippen LogP contribution is -2.35. The van der Waals surface area contributed by atoms with Crippen molar-refractivity contribution in [3.05, 3.63) is 21.9 Å². The highest BCUT2D eigenvalue weighted by atomic mass is 32.1. The number of carbonyl (C=O) groups is 1. The largest absolute Gasteiger partial charge is 0.384 e. The second-order valence-corrected chi connectivity index (χ2v) is 5.57. The molecular formula is C16H23NO2S. The number of hydrogen-bond donors (Lipinski definition) is 1. The maximum Gasteiger partial charge on any atom is 0.265 e. The van der Waals surface area contributed by atoms with Crippen LogP contribution in [0.4, 0.5) is 0 Å². The highest BCUT2D eigenvalue weighted by molar-refractivity contribution is 7.12. The van der Waals surface area contributed by atoms with E-state index in [4.69, 9.17) is 5.11 Å². The number of carbonyl (C=O) groups excluding carboxylic acids is 1. The van der Waals surface area contributed by atoms with E-state index in [0.717, 1.165) is 24.9 Å². The second-order valence-electron chi connectivity index (χ2n) is 4.65. The van der Waals surface area contributed by atoms with Gasteiger partial charge in [-0.25, -0.2) is 0 Å². The summed E-state index contributed by atoms with van der Waals surface area (Å²) in [5.74, 6) is 6.05. The molecule has 0 saturated carbocycles. The summed E-state index contributed by atoms with van der Waals surface area (Å²) in [4.78, 5) is 15.2. The Morgan fingerprint density at radius 2 is 2.10 bits per heavy atom. The molecule has 1 N–H and O–H groups in total. The fourth-order valence-corrected chi connectivity index (χ4v) is 2.88. The Hall–Kier alpha value is -1.31. The van der Waals surface area contributed by atoms with Crippen LogP contribution >= 0.6 is 11.3 Å². The molecule has 0 radical (unpaired) electrons. The quantitative estimate of drug-likeness (QED) is 0.819. The smallest absolute Gasteiger partial charge is 0.265 e. The lowest BCUT2D eigenvalue weighted by molar-refractivity contribution is 0.0739. The number of thiophene rings is 1. The third kappa shape index (κ3) is 4.36. The Morgan fingerprint density at radius 3 is 2.65 bits per heavy atom. The van der Waals surface area contributed by atoms with Gasteiger partial charge in [-0.15, -0.1) is 11.3 Å². The summed E-state index contributed by atoms with van der Waals surface area (Å²) in [5.41, 5.74) is 0.719. The predicted molar refractivity (Wildman–Crippen MR) is 83.9 cm³/mol. The van der Waals surface area contributed by atoms with E-state index in [2.05, 4.69) is 25.7 Å². The number of hydrogen-bond acceptors (Lipinski definition) is 3. The summed E-state index contributed by atoms with van der Waals surface area (Å²) in [6, 6.07) is 1.84. The maximum absolute atomic E-state index is 12.6. The molecule has 1 aromatic heterocycles. The molecule has 1 aromatic rings. The van der Waals surface area contributed by atoms with Gasteiger partial charge in [-0.05, 0) is 24.3 Å². The molecule has 0 bridgehead atoms. The van der Waals surface area contributed by atoms with Gasteiger partial charge < -0.3 is 10.0 Å². The molecule has 0 fully saturated rings. The highest BCUT2D eigenvalue weighted by Gasteiger charge is 2.20. The fourth-order valence-electron chi connectivity index (χ4n) is 2.07. The van der Waals surface area contributed by atoms with E-state index in [1.807, 2.05) is 23.3 Å². The second kappa shape index (κ2) is 8.78. The standard InChI is InChI=1S/C16H23NO2S/c1-4-13(5-2)12-17(6-3)16(19)15-14(8-7-10-18)9-11-20-15/h9,11,13,18H,4-6,10,12H2,1-3H3. The van der Waals surface area contributed by atoms with Crippen molar-refractivity contribution in [3.63, 3.8) is 0 Å². The molecule has 0 saturated heterocycles. The Bertz CT molecular complexity index is 480. The van der Waals surface area contributed by atoms with Gasteiger partial charge >= 0.3 is 0 Å². The van der Waals surface area contributed by atoms with Crippen LogP contribution in [0.25, 0.3) is 0 Å². The highest BCUT2D eigenvalue weighted by Crippen LogP contribution is 2.20. The first kappa shape index (κ1) is 16.7. The van der Waals surface area contributed by atoms with Crippen molar-refractivity contribution in [1.29, 1.82) is 0 Å². The molecule has 20 heavy (non-hydrogen) atoms. The van der Waals surface area contributed by atoms with Gasteiger partial charge in [0, 0.05) is 18.7 Å². The molecule has 0 aromatic carbocycles. The van der Waals surface area contributed by atoms with E-state index in [0.29, 0.717) is 17.3 Å². The number of amides is 1. The summed E-state index contributed by atoms with van der Waals surface area (Å²) >= 11 is 1.42. The first-order valence-electron chi connectivity index (χ1n) is 7.14. The van der Waals surface area contributed by atoms with Crippen LogP contribution in [0.1, 0.15) is 48.8 Å². The number of aliphatic hydroxyl groups is 1. The monoisotopic (exact) mass is 293 g/mol. The van der Waals surface area contributed by atoms with Gasteiger partial charge in [-0.2, -0.15) is 0 Å². The van der Waals surface area contributed by atoms with Gasteiger partial charge in [0.05, 0.1) is 0 Å². The SMILES string of the molecule is CCC(CC)CN(CC)C(=O)c1sccc1C#CCO. The van der Waals surface area contributed by atoms with E-state index < -0.39 is 0 Å². The zero-order chi connectivity index (χ0) is 15.0. The Morgan fingerprint density at radius 1 is 1.40 bits per heavy atom. The van der Waals surface area contributed by atoms with Gasteiger partial charge in [-0.1, -0.05) is 38.5 Å². The van der Waals surface area contributed by atoms with E-state index in [1.165, 1.54) is 11.3 Å². The molecule has 1 heterocycles. The maximum atomic E-state index is 12.6. The van der Waals surface area contributed by atoms with Gasteiger partial charge in [0.15, 0.2) is 0 Å². The van der Waals surface area contributed by atoms with Crippen molar-refractivity contribution in [2.45, 2.75) is 33.6 Å². The Balaban J connectivity index is 2.88. The molecule has 1 amide bonds. The van der Waals surface area contributed by atoms with Crippen LogP contribution in [0.5, 0.6) is 0 Å². The topological polar surface area (TPSA) is 40.5 Å². The summed E-state index contributed by atoms with van der Waals surface area (Å²) in [7, 11) is 0. The van der Waals surface area contributed by atoms with Crippen molar-refractivity contribution in [1.82, 2.24) is 4.90 Å². The van der Waals surface area contributed by atoms with Gasteiger partial charge in [0.2, 0.25) is 0 Å². The molecule has 0 aliphatic rings. The van der Waals surface area contributed by atoms with Crippen molar-refractivity contribution in [2.24, 2.45) is 5.92 Å². The van der Waals surface area contributed by atoms with Gasteiger partial charge in [-0.3, -0.25) is 4.79 Å². The summed E-state index contributed by atoms with van der Waals surface area (Å²) in [6.45, 7) is 7.65. The normalized spacial score (nSPS) is 10.2. The molecule has 0 aliphatic carbocycles. The van der Waals surface area contributed by atoms with Crippen LogP contribution in [0.15, 0.2) is 11.4 Å². The molecule has 110 valence electrons. The number of nitrogens with zero attached hydrogens (tertiary/aromatic N) is 1. The van der Waals surface area contributed by atoms with Crippen LogP contribution in [-0.4, -0.2) is 35.6 Å². The fraction of sp³-hybridized carbons (Fsp3) is 0.562. The molecule has 1 rings (SSSR count). The molecular weight excluding hydrogens is 270 g/mol. The van der Waals surface area contributed by atoms with Crippen LogP contribution in [0.3, 0.4) is 0 Å². The minimum absolute atomic E-state index is 0.0524. The molecule has 4 heteroatoms. The average molecular weight is 293 g/mol. The van der Waals surface area contributed by atoms with E-state index >= 15 is 0 Å². The summed E-state index contributed by atoms with van der Waals surface area (Å²) in [6.07, 6.45) is 2.17. The van der Waals surface area contributed by atoms with Crippen LogP contribution in [-0.2, 0) is 0 Å². The van der Waals surface area contributed by atoms with Crippen LogP contribution in [0.2, 0.25) is 0 Å². The molecule has 0 atom stereocenters. The molecule has 0 unspecified atom stereocenters. The van der Waals surface area contributed by atoms with Crippen LogP contribution < -0.4 is 0 Å². The zero-order valence-electron chi connectivity index (χ0n) is 12.5. The minimum Gasteiger partial charge on any atom is -0.384 e. The third-order valence-corrected chi connectivity index (χ3v) is 4.37. The third-order valence-electron chi connectivity index (χ3n) is 3.46. The zero-order valence-corrected chi connectivity index (χ0v) is 13.3. The van der Waals surface area contributed by atoms with Gasteiger partial charge in [0.1, 0.15) is 11.5 Å². The lowest BCUT2D eigenvalue weighted by atomic mass is 10.0. The van der Waals surface area contributed by atoms with E-state index in [-0.39, 0.29) is 12.5 Å². The van der Waals surface area contributed by atoms with E-state index in [1.54, 1.807) is 0 Å². The van der Waals surface area contributed by atoms with Crippen molar-refractivity contribution < 1.29 is 9.90 Å². The van der Waals surface area contributed by atoms with Crippen LogP contribution in [0, 0.1) is 17.8 Å². The number of rotatable bonds is 6. The predicted octanol–water partition coefficient (Wildman–Crippen LogP) is 2.99. The van der Waals surface area contributed by atoms with Crippen molar-refractivity contribution in [3.8, 4) is 11.8 Å². The molecule has 0 spiro atoms. The van der Waals surface area contributed by atoms with Crippen molar-refractivity contribution >= 4 is 17.2 Å². The minimum atomic E-state index is -0.186. The lowest BCUT2D eigenvalue weighted by Gasteiger charge is -2.25. The van der Waals surface area contributed by atoms with E-state index in [9.17, 15) is 4.79 Å². The van der Waals surface area contributed by atoms with Crippen molar-refractivity contribution in [2.75, 3.05) is 19.7 Å². The first-order chi connectivity index (χ1) is 9.67. The Kier molecular flexibility index (Phi) is 7.35. The Labute approximate surface area is 125 Å². The molecule has 0 aliphatic heterocycles. The number of aliphatic hydroxyl groups excluding tert-OH is 1. The first-order valence-corrected chi connectivity index (χ1v) is 8.02. The summed E-state index contributed by atoms with van der Waals surface area (Å²) < 4.78 is 0. The molecule has 3 nitrogen and oxygen atoms in total. The summed E-state index contributed by atoms with van der Waals surface area (Å²) in [5, 5.41) is 10.6.